The Morgan fingerprint density at radius 2 is 2.30 bits per heavy atom. The predicted octanol–water partition coefficient (Wildman–Crippen LogP) is 1.95. The molecular formula is C18H20N6O2S. The Hall–Kier alpha value is -2.91. The van der Waals surface area contributed by atoms with Crippen molar-refractivity contribution in [3.05, 3.63) is 42.4 Å². The van der Waals surface area contributed by atoms with Gasteiger partial charge in [0.25, 0.3) is 5.91 Å². The number of benzene rings is 1. The molecule has 0 saturated carbocycles. The SMILES string of the molecule is Cn1cc(NC(=O)c2nc(-c3cccc(N4CC[C@H](O)C4)c3)sc2N)cn1. The van der Waals surface area contributed by atoms with E-state index in [-0.39, 0.29) is 17.7 Å². The van der Waals surface area contributed by atoms with Crippen molar-refractivity contribution in [2.24, 2.45) is 7.05 Å². The lowest BCUT2D eigenvalue weighted by molar-refractivity contribution is 0.102. The highest BCUT2D eigenvalue weighted by molar-refractivity contribution is 7.19. The lowest BCUT2D eigenvalue weighted by atomic mass is 10.2. The first-order valence-corrected chi connectivity index (χ1v) is 9.41. The molecule has 2 aromatic heterocycles. The Balaban J connectivity index is 1.57. The smallest absolute Gasteiger partial charge is 0.277 e. The number of aromatic nitrogens is 3. The minimum Gasteiger partial charge on any atom is -0.391 e. The number of nitrogens with one attached hydrogen (secondary N) is 1. The molecule has 1 aliphatic heterocycles. The summed E-state index contributed by atoms with van der Waals surface area (Å²) >= 11 is 1.28. The summed E-state index contributed by atoms with van der Waals surface area (Å²) < 4.78 is 1.60. The van der Waals surface area contributed by atoms with E-state index in [9.17, 15) is 9.90 Å². The Morgan fingerprint density at radius 3 is 3.00 bits per heavy atom. The maximum atomic E-state index is 12.5. The van der Waals surface area contributed by atoms with Gasteiger partial charge in [0.15, 0.2) is 5.69 Å². The number of aryl methyl sites for hydroxylation is 1. The predicted molar refractivity (Wildman–Crippen MR) is 106 cm³/mol. The number of nitrogen functional groups attached to an aromatic ring is 1. The lowest BCUT2D eigenvalue weighted by Gasteiger charge is -2.18. The first kappa shape index (κ1) is 17.5. The van der Waals surface area contributed by atoms with Gasteiger partial charge in [-0.1, -0.05) is 23.5 Å². The average Bonchev–Trinajstić information content (AvgIpc) is 3.35. The van der Waals surface area contributed by atoms with Gasteiger partial charge in [-0.2, -0.15) is 5.10 Å². The van der Waals surface area contributed by atoms with E-state index in [1.165, 1.54) is 11.3 Å². The monoisotopic (exact) mass is 384 g/mol. The summed E-state index contributed by atoms with van der Waals surface area (Å²) in [4.78, 5) is 19.1. The normalized spacial score (nSPS) is 16.7. The van der Waals surface area contributed by atoms with Crippen molar-refractivity contribution in [3.63, 3.8) is 0 Å². The van der Waals surface area contributed by atoms with Crippen molar-refractivity contribution in [1.82, 2.24) is 14.8 Å². The molecule has 1 aromatic carbocycles. The van der Waals surface area contributed by atoms with Gasteiger partial charge in [-0.05, 0) is 18.6 Å². The number of carbonyl (C=O) groups is 1. The zero-order valence-electron chi connectivity index (χ0n) is 14.8. The summed E-state index contributed by atoms with van der Waals surface area (Å²) in [5.41, 5.74) is 8.77. The number of hydrogen-bond acceptors (Lipinski definition) is 7. The van der Waals surface area contributed by atoms with E-state index in [1.54, 1.807) is 24.1 Å². The van der Waals surface area contributed by atoms with Gasteiger partial charge in [0.1, 0.15) is 10.0 Å². The van der Waals surface area contributed by atoms with Crippen LogP contribution in [0.15, 0.2) is 36.7 Å². The van der Waals surface area contributed by atoms with E-state index in [4.69, 9.17) is 5.73 Å². The molecule has 0 bridgehead atoms. The second kappa shape index (κ2) is 7.01. The molecule has 1 atom stereocenters. The van der Waals surface area contributed by atoms with Gasteiger partial charge in [-0.3, -0.25) is 9.48 Å². The van der Waals surface area contributed by atoms with E-state index in [0.717, 1.165) is 24.2 Å². The van der Waals surface area contributed by atoms with Crippen molar-refractivity contribution in [1.29, 1.82) is 0 Å². The maximum Gasteiger partial charge on any atom is 0.277 e. The summed E-state index contributed by atoms with van der Waals surface area (Å²) in [6.45, 7) is 1.45. The molecule has 1 fully saturated rings. The molecule has 0 radical (unpaired) electrons. The minimum atomic E-state index is -0.359. The lowest BCUT2D eigenvalue weighted by Crippen LogP contribution is -2.20. The van der Waals surface area contributed by atoms with E-state index in [1.807, 2.05) is 24.3 Å². The zero-order chi connectivity index (χ0) is 19.0. The third-order valence-corrected chi connectivity index (χ3v) is 5.39. The number of hydrogen-bond donors (Lipinski definition) is 3. The number of aliphatic hydroxyl groups excluding tert-OH is 1. The Morgan fingerprint density at radius 1 is 1.44 bits per heavy atom. The first-order chi connectivity index (χ1) is 13.0. The van der Waals surface area contributed by atoms with Gasteiger partial charge in [-0.15, -0.1) is 0 Å². The fourth-order valence-electron chi connectivity index (χ4n) is 3.11. The number of aliphatic hydroxyl groups is 1. The standard InChI is InChI=1S/C18H20N6O2S/c1-23-9-12(8-20-23)21-17(26)15-16(19)27-18(22-15)11-3-2-4-13(7-11)24-6-5-14(25)10-24/h2-4,7-9,14,25H,5-6,10,19H2,1H3,(H,21,26)/t14-/m0/s1. The van der Waals surface area contributed by atoms with Crippen molar-refractivity contribution >= 4 is 33.6 Å². The number of nitrogens with zero attached hydrogens (tertiary/aromatic N) is 4. The van der Waals surface area contributed by atoms with Crippen LogP contribution in [-0.4, -0.2) is 45.0 Å². The Bertz CT molecular complexity index is 982. The molecule has 9 heteroatoms. The number of β-amino-alcohol motifs (C(OH)–C–C–N with tert-alkyl or cyclic N) is 1. The van der Waals surface area contributed by atoms with Crippen LogP contribution in [0.4, 0.5) is 16.4 Å². The summed E-state index contributed by atoms with van der Waals surface area (Å²) in [5, 5.41) is 17.6. The van der Waals surface area contributed by atoms with Crippen LogP contribution >= 0.6 is 11.3 Å². The quantitative estimate of drug-likeness (QED) is 0.634. The van der Waals surface area contributed by atoms with Crippen LogP contribution in [0.25, 0.3) is 10.6 Å². The van der Waals surface area contributed by atoms with Crippen LogP contribution < -0.4 is 16.0 Å². The molecule has 3 aromatic rings. The van der Waals surface area contributed by atoms with Gasteiger partial charge in [0.05, 0.1) is 18.0 Å². The third kappa shape index (κ3) is 3.64. The number of rotatable bonds is 4. The van der Waals surface area contributed by atoms with Crippen LogP contribution in [0.1, 0.15) is 16.9 Å². The highest BCUT2D eigenvalue weighted by Gasteiger charge is 2.22. The molecule has 4 N–H and O–H groups in total. The molecule has 1 amide bonds. The fraction of sp³-hybridized carbons (Fsp3) is 0.278. The van der Waals surface area contributed by atoms with Gasteiger partial charge < -0.3 is 21.1 Å². The second-order valence-corrected chi connectivity index (χ2v) is 7.56. The van der Waals surface area contributed by atoms with Crippen LogP contribution in [0.3, 0.4) is 0 Å². The van der Waals surface area contributed by atoms with E-state index >= 15 is 0 Å². The topological polar surface area (TPSA) is 109 Å². The molecule has 1 aliphatic rings. The van der Waals surface area contributed by atoms with Gasteiger partial charge in [0.2, 0.25) is 0 Å². The zero-order valence-corrected chi connectivity index (χ0v) is 15.6. The number of carbonyl (C=O) groups excluding carboxylic acids is 1. The molecule has 27 heavy (non-hydrogen) atoms. The van der Waals surface area contributed by atoms with Gasteiger partial charge in [0, 0.05) is 37.6 Å². The van der Waals surface area contributed by atoms with Crippen molar-refractivity contribution in [2.75, 3.05) is 29.0 Å². The third-order valence-electron chi connectivity index (χ3n) is 4.45. The molecule has 140 valence electrons. The molecule has 8 nitrogen and oxygen atoms in total. The summed E-state index contributed by atoms with van der Waals surface area (Å²) in [7, 11) is 1.78. The maximum absolute atomic E-state index is 12.5. The first-order valence-electron chi connectivity index (χ1n) is 8.59. The van der Waals surface area contributed by atoms with E-state index in [2.05, 4.69) is 20.3 Å². The van der Waals surface area contributed by atoms with Crippen LogP contribution in [0.5, 0.6) is 0 Å². The number of amides is 1. The average molecular weight is 384 g/mol. The second-order valence-electron chi connectivity index (χ2n) is 6.53. The Labute approximate surface area is 160 Å². The van der Waals surface area contributed by atoms with Gasteiger partial charge in [-0.25, -0.2) is 4.98 Å². The highest BCUT2D eigenvalue weighted by atomic mass is 32.1. The molecule has 3 heterocycles. The molecule has 1 saturated heterocycles. The van der Waals surface area contributed by atoms with Crippen molar-refractivity contribution in [2.45, 2.75) is 12.5 Å². The minimum absolute atomic E-state index is 0.209. The van der Waals surface area contributed by atoms with Crippen LogP contribution in [-0.2, 0) is 7.05 Å². The van der Waals surface area contributed by atoms with Crippen molar-refractivity contribution in [3.8, 4) is 10.6 Å². The van der Waals surface area contributed by atoms with Crippen molar-refractivity contribution < 1.29 is 9.90 Å². The Kier molecular flexibility index (Phi) is 4.54. The molecular weight excluding hydrogens is 364 g/mol. The van der Waals surface area contributed by atoms with Crippen LogP contribution in [0.2, 0.25) is 0 Å². The number of thiazole rings is 1. The number of anilines is 3. The van der Waals surface area contributed by atoms with E-state index < -0.39 is 0 Å². The molecule has 0 unspecified atom stereocenters. The van der Waals surface area contributed by atoms with E-state index in [0.29, 0.717) is 22.2 Å². The van der Waals surface area contributed by atoms with Crippen LogP contribution in [0, 0.1) is 0 Å². The fourth-order valence-corrected chi connectivity index (χ4v) is 3.93. The molecule has 4 rings (SSSR count). The molecule has 0 spiro atoms. The summed E-state index contributed by atoms with van der Waals surface area (Å²) in [5.74, 6) is -0.359. The molecule has 0 aliphatic carbocycles. The van der Waals surface area contributed by atoms with Gasteiger partial charge >= 0.3 is 0 Å². The number of nitrogens with two attached hydrogens (primary N) is 1. The summed E-state index contributed by atoms with van der Waals surface area (Å²) in [6, 6.07) is 7.91. The largest absolute Gasteiger partial charge is 0.391 e. The highest BCUT2D eigenvalue weighted by Crippen LogP contribution is 2.33. The summed E-state index contributed by atoms with van der Waals surface area (Å²) in [6.07, 6.45) is 3.75.